The molecule has 1 heterocycles. The van der Waals surface area contributed by atoms with E-state index in [2.05, 4.69) is 32.8 Å². The Morgan fingerprint density at radius 1 is 1.26 bits per heavy atom. The van der Waals surface area contributed by atoms with Gasteiger partial charge in [-0.05, 0) is 61.8 Å². The van der Waals surface area contributed by atoms with E-state index in [4.69, 9.17) is 11.6 Å². The molecule has 3 N–H and O–H groups in total. The third-order valence-corrected chi connectivity index (χ3v) is 6.44. The largest absolute Gasteiger partial charge is 0.368 e. The van der Waals surface area contributed by atoms with E-state index < -0.39 is 11.7 Å². The van der Waals surface area contributed by atoms with Crippen molar-refractivity contribution in [3.05, 3.63) is 52.2 Å². The summed E-state index contributed by atoms with van der Waals surface area (Å²) in [6, 6.07) is 4.58. The monoisotopic (exact) mass is 445 g/mol. The van der Waals surface area contributed by atoms with Crippen molar-refractivity contribution in [3.8, 4) is 0 Å². The number of nitrogens with one attached hydrogen (secondary N) is 3. The van der Waals surface area contributed by atoms with Gasteiger partial charge >= 0.3 is 0 Å². The van der Waals surface area contributed by atoms with Gasteiger partial charge in [-0.15, -0.1) is 0 Å². The highest BCUT2D eigenvalue weighted by atomic mass is 35.5. The van der Waals surface area contributed by atoms with Gasteiger partial charge in [-0.25, -0.2) is 14.4 Å². The van der Waals surface area contributed by atoms with E-state index in [9.17, 15) is 9.18 Å². The second-order valence-electron chi connectivity index (χ2n) is 8.57. The third-order valence-electron chi connectivity index (χ3n) is 6.13. The molecule has 1 amide bonds. The molecule has 1 aromatic heterocycles. The number of halogens is 2. The number of aromatic nitrogens is 2. The van der Waals surface area contributed by atoms with Crippen LogP contribution in [0.1, 0.15) is 54.8 Å². The number of rotatable bonds is 10. The molecule has 1 fully saturated rings. The molecule has 31 heavy (non-hydrogen) atoms. The summed E-state index contributed by atoms with van der Waals surface area (Å²) in [5.74, 6) is 0.878. The molecule has 2 aromatic rings. The van der Waals surface area contributed by atoms with Crippen molar-refractivity contribution in [1.29, 1.82) is 0 Å². The van der Waals surface area contributed by atoms with Crippen molar-refractivity contribution >= 4 is 23.3 Å². The van der Waals surface area contributed by atoms with Crippen molar-refractivity contribution in [2.75, 3.05) is 31.5 Å². The average Bonchev–Trinajstić information content (AvgIpc) is 3.51. The molecule has 1 aromatic carbocycles. The van der Waals surface area contributed by atoms with Crippen molar-refractivity contribution in [2.45, 2.75) is 44.4 Å². The van der Waals surface area contributed by atoms with Crippen LogP contribution in [-0.4, -0.2) is 42.1 Å². The molecule has 2 atom stereocenters. The zero-order valence-electron chi connectivity index (χ0n) is 17.8. The first-order valence-electron chi connectivity index (χ1n) is 11.0. The summed E-state index contributed by atoms with van der Waals surface area (Å²) in [7, 11) is 0. The Bertz CT molecular complexity index is 936. The maximum Gasteiger partial charge on any atom is 0.228 e. The number of amides is 1. The van der Waals surface area contributed by atoms with Gasteiger partial charge in [0, 0.05) is 30.9 Å². The maximum atomic E-state index is 14.0. The second-order valence-corrected chi connectivity index (χ2v) is 8.98. The van der Waals surface area contributed by atoms with Crippen LogP contribution in [0.2, 0.25) is 5.02 Å². The molecule has 0 aliphatic heterocycles. The van der Waals surface area contributed by atoms with Crippen LogP contribution in [0.5, 0.6) is 0 Å². The summed E-state index contributed by atoms with van der Waals surface area (Å²) >= 11 is 5.82. The van der Waals surface area contributed by atoms with Crippen LogP contribution in [0.3, 0.4) is 0 Å². The minimum Gasteiger partial charge on any atom is -0.368 e. The molecular weight excluding hydrogens is 417 g/mol. The number of hydrogen-bond acceptors (Lipinski definition) is 5. The minimum atomic E-state index is -0.507. The first-order chi connectivity index (χ1) is 15.0. The lowest BCUT2D eigenvalue weighted by molar-refractivity contribution is -0.122. The Morgan fingerprint density at radius 3 is 2.87 bits per heavy atom. The number of nitrogens with zero attached hydrogens (tertiary/aromatic N) is 2. The van der Waals surface area contributed by atoms with Crippen LogP contribution in [0.4, 0.5) is 10.2 Å². The van der Waals surface area contributed by atoms with Gasteiger partial charge in [-0.3, -0.25) is 4.79 Å². The number of carbonyl (C=O) groups excluding carboxylic acids is 1. The van der Waals surface area contributed by atoms with Gasteiger partial charge in [0.05, 0.1) is 10.9 Å². The van der Waals surface area contributed by atoms with Crippen molar-refractivity contribution in [3.63, 3.8) is 0 Å². The fourth-order valence-electron chi connectivity index (χ4n) is 4.12. The van der Waals surface area contributed by atoms with Gasteiger partial charge in [0.2, 0.25) is 5.91 Å². The zero-order valence-corrected chi connectivity index (χ0v) is 18.5. The van der Waals surface area contributed by atoms with Crippen LogP contribution < -0.4 is 16.0 Å². The van der Waals surface area contributed by atoms with Crippen LogP contribution in [-0.2, 0) is 11.2 Å². The number of carbonyl (C=O) groups is 1. The highest BCUT2D eigenvalue weighted by molar-refractivity contribution is 6.30. The van der Waals surface area contributed by atoms with E-state index in [0.717, 1.165) is 30.9 Å². The van der Waals surface area contributed by atoms with Gasteiger partial charge in [-0.1, -0.05) is 24.6 Å². The molecule has 2 aliphatic rings. The van der Waals surface area contributed by atoms with E-state index in [-0.39, 0.29) is 10.9 Å². The first-order valence-corrected chi connectivity index (χ1v) is 11.4. The average molecular weight is 446 g/mol. The lowest BCUT2D eigenvalue weighted by Crippen LogP contribution is -2.38. The van der Waals surface area contributed by atoms with Gasteiger partial charge in [0.15, 0.2) is 0 Å². The van der Waals surface area contributed by atoms with E-state index >= 15 is 0 Å². The number of aryl methyl sites for hydroxylation is 1. The Labute approximate surface area is 187 Å². The normalized spacial score (nSPS) is 18.5. The summed E-state index contributed by atoms with van der Waals surface area (Å²) < 4.78 is 14.0. The molecule has 2 aliphatic carbocycles. The molecule has 1 saturated carbocycles. The van der Waals surface area contributed by atoms with Crippen molar-refractivity contribution in [2.24, 2.45) is 5.92 Å². The standard InChI is InChI=1S/C23H29ClFN5O/c1-14-2-7-20-21(14)22(30-13-29-20)27-8-9-28-23(31)17(12-26-11-15-3-4-15)16-5-6-18(24)19(25)10-16/h5-6,10,13-15,17,26H,2-4,7-9,11-12H2,1H3,(H,28,31)(H,27,29,30)/t14-,17-/m1/s1. The predicted molar refractivity (Wildman–Crippen MR) is 120 cm³/mol. The topological polar surface area (TPSA) is 78.9 Å². The Kier molecular flexibility index (Phi) is 7.02. The van der Waals surface area contributed by atoms with E-state index in [1.54, 1.807) is 12.4 Å². The molecule has 166 valence electrons. The summed E-state index contributed by atoms with van der Waals surface area (Å²) in [5, 5.41) is 9.73. The summed E-state index contributed by atoms with van der Waals surface area (Å²) in [6.07, 6.45) is 6.13. The number of hydrogen-bond donors (Lipinski definition) is 3. The fraction of sp³-hybridized carbons (Fsp3) is 0.522. The smallest absolute Gasteiger partial charge is 0.228 e. The second kappa shape index (κ2) is 9.92. The molecule has 0 radical (unpaired) electrons. The van der Waals surface area contributed by atoms with Crippen LogP contribution >= 0.6 is 11.6 Å². The summed E-state index contributed by atoms with van der Waals surface area (Å²) in [4.78, 5) is 21.7. The molecule has 0 bridgehead atoms. The van der Waals surface area contributed by atoms with Gasteiger partial charge < -0.3 is 16.0 Å². The lowest BCUT2D eigenvalue weighted by Gasteiger charge is -2.19. The Morgan fingerprint density at radius 2 is 2.10 bits per heavy atom. The number of anilines is 1. The van der Waals surface area contributed by atoms with Crippen molar-refractivity contribution in [1.82, 2.24) is 20.6 Å². The highest BCUT2D eigenvalue weighted by Gasteiger charge is 2.25. The van der Waals surface area contributed by atoms with Crippen LogP contribution in [0, 0.1) is 11.7 Å². The minimum absolute atomic E-state index is 0.0599. The van der Waals surface area contributed by atoms with Crippen LogP contribution in [0.15, 0.2) is 24.5 Å². The van der Waals surface area contributed by atoms with E-state index in [0.29, 0.717) is 37.0 Å². The van der Waals surface area contributed by atoms with E-state index in [1.165, 1.54) is 30.5 Å². The summed E-state index contributed by atoms with van der Waals surface area (Å²) in [5.41, 5.74) is 2.92. The Balaban J connectivity index is 1.33. The molecule has 4 rings (SSSR count). The SMILES string of the molecule is C[C@@H]1CCc2ncnc(NCCNC(=O)[C@H](CNCC3CC3)c3ccc(Cl)c(F)c3)c21. The molecule has 0 saturated heterocycles. The third kappa shape index (κ3) is 5.52. The fourth-order valence-corrected chi connectivity index (χ4v) is 4.24. The van der Waals surface area contributed by atoms with Crippen LogP contribution in [0.25, 0.3) is 0 Å². The van der Waals surface area contributed by atoms with E-state index in [1.807, 2.05) is 0 Å². The maximum absolute atomic E-state index is 14.0. The quantitative estimate of drug-likeness (QED) is 0.487. The lowest BCUT2D eigenvalue weighted by atomic mass is 9.97. The molecule has 8 heteroatoms. The number of fused-ring (bicyclic) bond motifs is 1. The molecule has 6 nitrogen and oxygen atoms in total. The Hall–Kier alpha value is -2.25. The number of benzene rings is 1. The van der Waals surface area contributed by atoms with Gasteiger partial charge in [0.25, 0.3) is 0 Å². The first kappa shape index (κ1) is 22.0. The molecule has 0 spiro atoms. The van der Waals surface area contributed by atoms with Gasteiger partial charge in [0.1, 0.15) is 18.0 Å². The van der Waals surface area contributed by atoms with Crippen molar-refractivity contribution < 1.29 is 9.18 Å². The molecular formula is C23H29ClFN5O. The highest BCUT2D eigenvalue weighted by Crippen LogP contribution is 2.35. The summed E-state index contributed by atoms with van der Waals surface area (Å²) in [6.45, 7) is 4.54. The van der Waals surface area contributed by atoms with Gasteiger partial charge in [-0.2, -0.15) is 0 Å². The molecule has 0 unspecified atom stereocenters. The zero-order chi connectivity index (χ0) is 21.8. The predicted octanol–water partition coefficient (Wildman–Crippen LogP) is 3.63.